The van der Waals surface area contributed by atoms with E-state index >= 15 is 0 Å². The Bertz CT molecular complexity index is 428. The van der Waals surface area contributed by atoms with E-state index in [2.05, 4.69) is 20.7 Å². The number of nitrogens with one attached hydrogen (secondary N) is 1. The third-order valence-corrected chi connectivity index (χ3v) is 2.83. The monoisotopic (exact) mass is 277 g/mol. The second-order valence-electron chi connectivity index (χ2n) is 3.03. The van der Waals surface area contributed by atoms with Crippen LogP contribution in [0.15, 0.2) is 22.7 Å². The lowest BCUT2D eigenvalue weighted by molar-refractivity contribution is 0.606. The molecule has 0 heterocycles. The average molecular weight is 278 g/mol. The lowest BCUT2D eigenvalue weighted by Crippen LogP contribution is -2.11. The Balaban J connectivity index is 3.11. The molecule has 0 amide bonds. The Labute approximate surface area is 92.7 Å². The minimum Gasteiger partial charge on any atom is -0.283 e. The molecule has 0 atom stereocenters. The van der Waals surface area contributed by atoms with E-state index in [-0.39, 0.29) is 0 Å². The van der Waals surface area contributed by atoms with E-state index < -0.39 is 10.0 Å². The predicted molar refractivity (Wildman–Crippen MR) is 62.0 cm³/mol. The van der Waals surface area contributed by atoms with E-state index in [0.29, 0.717) is 5.69 Å². The summed E-state index contributed by atoms with van der Waals surface area (Å²) in [5, 5.41) is 0. The quantitative estimate of drug-likeness (QED) is 0.922. The maximum Gasteiger partial charge on any atom is 0.229 e. The van der Waals surface area contributed by atoms with Gasteiger partial charge in [-0.05, 0) is 24.1 Å². The van der Waals surface area contributed by atoms with Crippen molar-refractivity contribution in [3.63, 3.8) is 0 Å². The topological polar surface area (TPSA) is 46.2 Å². The van der Waals surface area contributed by atoms with Crippen LogP contribution in [0.3, 0.4) is 0 Å². The van der Waals surface area contributed by atoms with Crippen molar-refractivity contribution >= 4 is 31.6 Å². The van der Waals surface area contributed by atoms with Gasteiger partial charge in [0.1, 0.15) is 0 Å². The zero-order chi connectivity index (χ0) is 10.8. The van der Waals surface area contributed by atoms with Crippen molar-refractivity contribution < 1.29 is 8.42 Å². The second kappa shape index (κ2) is 4.31. The van der Waals surface area contributed by atoms with Gasteiger partial charge in [0.15, 0.2) is 0 Å². The number of halogens is 1. The molecule has 0 aliphatic rings. The fraction of sp³-hybridized carbons (Fsp3) is 0.333. The molecule has 3 nitrogen and oxygen atoms in total. The van der Waals surface area contributed by atoms with Gasteiger partial charge < -0.3 is 0 Å². The van der Waals surface area contributed by atoms with Crippen molar-refractivity contribution in [3.8, 4) is 0 Å². The molecule has 0 unspecified atom stereocenters. The number of anilines is 1. The molecule has 0 saturated heterocycles. The highest BCUT2D eigenvalue weighted by Gasteiger charge is 2.06. The lowest BCUT2D eigenvalue weighted by atomic mass is 10.1. The second-order valence-corrected chi connectivity index (χ2v) is 5.69. The Kier molecular flexibility index (Phi) is 3.55. The molecular formula is C9H12BrNO2S. The Morgan fingerprint density at radius 2 is 2.07 bits per heavy atom. The summed E-state index contributed by atoms with van der Waals surface area (Å²) in [5.41, 5.74) is 1.63. The number of hydrogen-bond acceptors (Lipinski definition) is 2. The van der Waals surface area contributed by atoms with Crippen molar-refractivity contribution in [1.82, 2.24) is 0 Å². The Morgan fingerprint density at radius 1 is 1.43 bits per heavy atom. The molecule has 0 spiro atoms. The molecule has 1 aromatic rings. The number of benzene rings is 1. The smallest absolute Gasteiger partial charge is 0.229 e. The normalized spacial score (nSPS) is 11.4. The van der Waals surface area contributed by atoms with Gasteiger partial charge in [0.05, 0.1) is 11.9 Å². The molecule has 78 valence electrons. The highest BCUT2D eigenvalue weighted by molar-refractivity contribution is 9.10. The van der Waals surface area contributed by atoms with Crippen LogP contribution in [-0.2, 0) is 16.4 Å². The number of hydrogen-bond donors (Lipinski definition) is 1. The van der Waals surface area contributed by atoms with Gasteiger partial charge in [-0.1, -0.05) is 28.9 Å². The molecule has 1 aromatic carbocycles. The van der Waals surface area contributed by atoms with E-state index in [9.17, 15) is 8.42 Å². The van der Waals surface area contributed by atoms with Gasteiger partial charge in [0.25, 0.3) is 0 Å². The third kappa shape index (κ3) is 3.31. The molecule has 0 fully saturated rings. The van der Waals surface area contributed by atoms with Crippen LogP contribution in [0.1, 0.15) is 12.5 Å². The van der Waals surface area contributed by atoms with Crippen molar-refractivity contribution in [2.24, 2.45) is 0 Å². The van der Waals surface area contributed by atoms with Crippen molar-refractivity contribution in [2.75, 3.05) is 11.0 Å². The third-order valence-electron chi connectivity index (χ3n) is 1.75. The first kappa shape index (κ1) is 11.5. The Morgan fingerprint density at radius 3 is 2.57 bits per heavy atom. The number of sulfonamides is 1. The zero-order valence-corrected chi connectivity index (χ0v) is 10.4. The first-order chi connectivity index (χ1) is 6.42. The van der Waals surface area contributed by atoms with Crippen LogP contribution >= 0.6 is 15.9 Å². The maximum atomic E-state index is 11.1. The summed E-state index contributed by atoms with van der Waals surface area (Å²) in [6, 6.07) is 5.56. The molecule has 0 aliphatic heterocycles. The minimum atomic E-state index is -3.20. The van der Waals surface area contributed by atoms with Gasteiger partial charge in [0, 0.05) is 4.47 Å². The van der Waals surface area contributed by atoms with Crippen molar-refractivity contribution in [2.45, 2.75) is 13.3 Å². The summed E-state index contributed by atoms with van der Waals surface area (Å²) in [6.07, 6.45) is 1.94. The van der Waals surface area contributed by atoms with E-state index in [1.54, 1.807) is 6.07 Å². The SMILES string of the molecule is CCc1ccc(Br)cc1NS(C)(=O)=O. The summed E-state index contributed by atoms with van der Waals surface area (Å²) >= 11 is 3.30. The predicted octanol–water partition coefficient (Wildman–Crippen LogP) is 2.38. The van der Waals surface area contributed by atoms with Gasteiger partial charge in [-0.2, -0.15) is 0 Å². The van der Waals surface area contributed by atoms with Crippen LogP contribution in [0.5, 0.6) is 0 Å². The first-order valence-corrected chi connectivity index (χ1v) is 6.87. The first-order valence-electron chi connectivity index (χ1n) is 4.18. The molecule has 0 aliphatic carbocycles. The molecule has 0 aromatic heterocycles. The van der Waals surface area contributed by atoms with E-state index in [0.717, 1.165) is 22.7 Å². The van der Waals surface area contributed by atoms with Gasteiger partial charge in [-0.25, -0.2) is 8.42 Å². The van der Waals surface area contributed by atoms with E-state index in [1.165, 1.54) is 0 Å². The maximum absolute atomic E-state index is 11.1. The molecule has 1 N–H and O–H groups in total. The van der Waals surface area contributed by atoms with Crippen LogP contribution in [-0.4, -0.2) is 14.7 Å². The highest BCUT2D eigenvalue weighted by atomic mass is 79.9. The molecule has 0 radical (unpaired) electrons. The van der Waals surface area contributed by atoms with E-state index in [1.807, 2.05) is 19.1 Å². The van der Waals surface area contributed by atoms with Crippen molar-refractivity contribution in [3.05, 3.63) is 28.2 Å². The summed E-state index contributed by atoms with van der Waals surface area (Å²) in [5.74, 6) is 0. The fourth-order valence-electron chi connectivity index (χ4n) is 1.15. The summed E-state index contributed by atoms with van der Waals surface area (Å²) in [6.45, 7) is 1.98. The van der Waals surface area contributed by atoms with Gasteiger partial charge >= 0.3 is 0 Å². The summed E-state index contributed by atoms with van der Waals surface area (Å²) in [7, 11) is -3.20. The number of aryl methyl sites for hydroxylation is 1. The largest absolute Gasteiger partial charge is 0.283 e. The summed E-state index contributed by atoms with van der Waals surface area (Å²) < 4.78 is 25.5. The molecule has 0 saturated carbocycles. The van der Waals surface area contributed by atoms with Gasteiger partial charge in [-0.15, -0.1) is 0 Å². The van der Waals surface area contributed by atoms with Crippen molar-refractivity contribution in [1.29, 1.82) is 0 Å². The molecule has 14 heavy (non-hydrogen) atoms. The van der Waals surface area contributed by atoms with Gasteiger partial charge in [0.2, 0.25) is 10.0 Å². The molecule has 0 bridgehead atoms. The standard InChI is InChI=1S/C9H12BrNO2S/c1-3-7-4-5-8(10)6-9(7)11-14(2,12)13/h4-6,11H,3H2,1-2H3. The van der Waals surface area contributed by atoms with Crippen LogP contribution in [0.2, 0.25) is 0 Å². The zero-order valence-electron chi connectivity index (χ0n) is 8.04. The number of rotatable bonds is 3. The van der Waals surface area contributed by atoms with Crippen LogP contribution in [0, 0.1) is 0 Å². The molecule has 5 heteroatoms. The summed E-state index contributed by atoms with van der Waals surface area (Å²) in [4.78, 5) is 0. The fourth-order valence-corrected chi connectivity index (χ4v) is 2.10. The van der Waals surface area contributed by atoms with Crippen LogP contribution < -0.4 is 4.72 Å². The van der Waals surface area contributed by atoms with Gasteiger partial charge in [-0.3, -0.25) is 4.72 Å². The lowest BCUT2D eigenvalue weighted by Gasteiger charge is -2.09. The highest BCUT2D eigenvalue weighted by Crippen LogP contribution is 2.22. The van der Waals surface area contributed by atoms with Crippen LogP contribution in [0.25, 0.3) is 0 Å². The van der Waals surface area contributed by atoms with E-state index in [4.69, 9.17) is 0 Å². The molecular weight excluding hydrogens is 266 g/mol. The Hall–Kier alpha value is -0.550. The van der Waals surface area contributed by atoms with Crippen LogP contribution in [0.4, 0.5) is 5.69 Å². The minimum absolute atomic E-state index is 0.643. The average Bonchev–Trinajstić information content (AvgIpc) is 2.01. The molecule has 1 rings (SSSR count).